The molecule has 0 atom stereocenters. The lowest BCUT2D eigenvalue weighted by Crippen LogP contribution is -2.22. The van der Waals surface area contributed by atoms with Crippen LogP contribution in [0.15, 0.2) is 44.7 Å². The average molecular weight is 392 g/mol. The average Bonchev–Trinajstić information content (AvgIpc) is 3.17. The van der Waals surface area contributed by atoms with E-state index in [4.69, 9.17) is 4.52 Å². The van der Waals surface area contributed by atoms with Gasteiger partial charge in [0.15, 0.2) is 0 Å². The summed E-state index contributed by atoms with van der Waals surface area (Å²) in [6.45, 7) is 6.75. The number of halogens is 1. The maximum absolute atomic E-state index is 5.42. The molecule has 0 unspecified atom stereocenters. The van der Waals surface area contributed by atoms with Crippen LogP contribution in [0.5, 0.6) is 0 Å². The largest absolute Gasteiger partial charge is 0.338 e. The molecular formula is C17H18BrN3OS. The first-order valence-corrected chi connectivity index (χ1v) is 9.17. The SMILES string of the molecule is CCN(Cc1nc(-c2cc(Br)cs2)no1)Cc1ccccc1C. The Labute approximate surface area is 148 Å². The maximum atomic E-state index is 5.42. The Bertz CT molecular complexity index is 784. The van der Waals surface area contributed by atoms with Crippen molar-refractivity contribution < 1.29 is 4.52 Å². The molecule has 0 N–H and O–H groups in total. The normalized spacial score (nSPS) is 11.3. The van der Waals surface area contributed by atoms with Crippen LogP contribution in [-0.4, -0.2) is 21.6 Å². The number of benzene rings is 1. The van der Waals surface area contributed by atoms with Crippen LogP contribution in [0.25, 0.3) is 10.7 Å². The van der Waals surface area contributed by atoms with Gasteiger partial charge in [-0.3, -0.25) is 4.90 Å². The Balaban J connectivity index is 1.70. The van der Waals surface area contributed by atoms with E-state index in [1.807, 2.05) is 11.4 Å². The molecule has 0 amide bonds. The first-order chi connectivity index (χ1) is 11.2. The zero-order valence-electron chi connectivity index (χ0n) is 13.1. The molecule has 6 heteroatoms. The summed E-state index contributed by atoms with van der Waals surface area (Å²) in [5.41, 5.74) is 2.64. The summed E-state index contributed by atoms with van der Waals surface area (Å²) in [6.07, 6.45) is 0. The Morgan fingerprint density at radius 3 is 2.78 bits per heavy atom. The van der Waals surface area contributed by atoms with Gasteiger partial charge in [-0.15, -0.1) is 11.3 Å². The highest BCUT2D eigenvalue weighted by molar-refractivity contribution is 9.10. The highest BCUT2D eigenvalue weighted by Gasteiger charge is 2.14. The van der Waals surface area contributed by atoms with Crippen LogP contribution in [0, 0.1) is 6.92 Å². The van der Waals surface area contributed by atoms with Gasteiger partial charge in [0.25, 0.3) is 0 Å². The molecule has 0 bridgehead atoms. The van der Waals surface area contributed by atoms with Gasteiger partial charge in [-0.25, -0.2) is 0 Å². The molecule has 0 aliphatic rings. The number of nitrogens with zero attached hydrogens (tertiary/aromatic N) is 3. The summed E-state index contributed by atoms with van der Waals surface area (Å²) >= 11 is 5.05. The number of hydrogen-bond donors (Lipinski definition) is 0. The molecule has 0 aliphatic heterocycles. The zero-order chi connectivity index (χ0) is 16.2. The van der Waals surface area contributed by atoms with Crippen LogP contribution in [-0.2, 0) is 13.1 Å². The van der Waals surface area contributed by atoms with Crippen LogP contribution in [0.4, 0.5) is 0 Å². The molecular weight excluding hydrogens is 374 g/mol. The molecule has 0 aliphatic carbocycles. The number of aromatic nitrogens is 2. The van der Waals surface area contributed by atoms with E-state index < -0.39 is 0 Å². The molecule has 0 fully saturated rings. The first kappa shape index (κ1) is 16.4. The van der Waals surface area contributed by atoms with Crippen molar-refractivity contribution in [3.8, 4) is 10.7 Å². The number of rotatable bonds is 6. The van der Waals surface area contributed by atoms with E-state index in [0.717, 1.165) is 22.4 Å². The second-order valence-corrected chi connectivity index (χ2v) is 7.20. The van der Waals surface area contributed by atoms with E-state index in [-0.39, 0.29) is 0 Å². The van der Waals surface area contributed by atoms with E-state index in [9.17, 15) is 0 Å². The molecule has 4 nitrogen and oxygen atoms in total. The van der Waals surface area contributed by atoms with Gasteiger partial charge < -0.3 is 4.52 Å². The number of hydrogen-bond acceptors (Lipinski definition) is 5. The summed E-state index contributed by atoms with van der Waals surface area (Å²) in [7, 11) is 0. The van der Waals surface area contributed by atoms with Gasteiger partial charge >= 0.3 is 0 Å². The van der Waals surface area contributed by atoms with E-state index >= 15 is 0 Å². The quantitative estimate of drug-likeness (QED) is 0.599. The molecule has 2 aromatic heterocycles. The van der Waals surface area contributed by atoms with Crippen molar-refractivity contribution in [2.75, 3.05) is 6.54 Å². The minimum atomic E-state index is 0.653. The molecule has 0 saturated heterocycles. The smallest absolute Gasteiger partial charge is 0.241 e. The topological polar surface area (TPSA) is 42.2 Å². The Morgan fingerprint density at radius 2 is 2.09 bits per heavy atom. The van der Waals surface area contributed by atoms with Gasteiger partial charge in [0.05, 0.1) is 11.4 Å². The standard InChI is InChI=1S/C17H18BrN3OS/c1-3-21(9-13-7-5-4-6-12(13)2)10-16-19-17(20-22-16)15-8-14(18)11-23-15/h4-8,11H,3,9-10H2,1-2H3. The van der Waals surface area contributed by atoms with Crippen LogP contribution in [0.1, 0.15) is 23.9 Å². The molecule has 23 heavy (non-hydrogen) atoms. The lowest BCUT2D eigenvalue weighted by Gasteiger charge is -2.19. The van der Waals surface area contributed by atoms with Gasteiger partial charge in [-0.05, 0) is 46.6 Å². The van der Waals surface area contributed by atoms with Crippen LogP contribution in [0.2, 0.25) is 0 Å². The fourth-order valence-electron chi connectivity index (χ4n) is 2.35. The predicted molar refractivity (Wildman–Crippen MR) is 96.3 cm³/mol. The molecule has 0 spiro atoms. The van der Waals surface area contributed by atoms with Gasteiger partial charge in [0.1, 0.15) is 0 Å². The minimum absolute atomic E-state index is 0.653. The third-order valence-electron chi connectivity index (χ3n) is 3.72. The lowest BCUT2D eigenvalue weighted by atomic mass is 10.1. The Kier molecular flexibility index (Phi) is 5.25. The Hall–Kier alpha value is -1.50. The second kappa shape index (κ2) is 7.38. The summed E-state index contributed by atoms with van der Waals surface area (Å²) < 4.78 is 6.46. The second-order valence-electron chi connectivity index (χ2n) is 5.37. The molecule has 2 heterocycles. The summed E-state index contributed by atoms with van der Waals surface area (Å²) in [5, 5.41) is 6.10. The summed E-state index contributed by atoms with van der Waals surface area (Å²) in [5.74, 6) is 1.31. The van der Waals surface area contributed by atoms with Crippen LogP contribution in [0.3, 0.4) is 0 Å². The maximum Gasteiger partial charge on any atom is 0.241 e. The van der Waals surface area contributed by atoms with Crippen molar-refractivity contribution in [2.24, 2.45) is 0 Å². The molecule has 3 rings (SSSR count). The van der Waals surface area contributed by atoms with E-state index in [2.05, 4.69) is 69.1 Å². The van der Waals surface area contributed by atoms with Crippen LogP contribution >= 0.6 is 27.3 Å². The highest BCUT2D eigenvalue weighted by Crippen LogP contribution is 2.27. The fraction of sp³-hybridized carbons (Fsp3) is 0.294. The predicted octanol–water partition coefficient (Wildman–Crippen LogP) is 4.89. The van der Waals surface area contributed by atoms with E-state index in [1.165, 1.54) is 11.1 Å². The van der Waals surface area contributed by atoms with Crippen molar-refractivity contribution in [1.29, 1.82) is 0 Å². The number of aryl methyl sites for hydroxylation is 1. The van der Waals surface area contributed by atoms with Crippen molar-refractivity contribution in [3.63, 3.8) is 0 Å². The van der Waals surface area contributed by atoms with Gasteiger partial charge in [-0.2, -0.15) is 4.98 Å². The lowest BCUT2D eigenvalue weighted by molar-refractivity contribution is 0.228. The van der Waals surface area contributed by atoms with Gasteiger partial charge in [-0.1, -0.05) is 36.3 Å². The first-order valence-electron chi connectivity index (χ1n) is 7.49. The Morgan fingerprint density at radius 1 is 1.26 bits per heavy atom. The van der Waals surface area contributed by atoms with E-state index in [1.54, 1.807) is 11.3 Å². The van der Waals surface area contributed by atoms with E-state index in [0.29, 0.717) is 18.3 Å². The molecule has 3 aromatic rings. The third kappa shape index (κ3) is 4.07. The van der Waals surface area contributed by atoms with Crippen molar-refractivity contribution in [2.45, 2.75) is 26.9 Å². The molecule has 0 saturated carbocycles. The minimum Gasteiger partial charge on any atom is -0.338 e. The molecule has 0 radical (unpaired) electrons. The van der Waals surface area contributed by atoms with Gasteiger partial charge in [0.2, 0.25) is 11.7 Å². The third-order valence-corrected chi connectivity index (χ3v) is 5.40. The fourth-order valence-corrected chi connectivity index (χ4v) is 3.70. The molecule has 120 valence electrons. The summed E-state index contributed by atoms with van der Waals surface area (Å²) in [6, 6.07) is 10.5. The highest BCUT2D eigenvalue weighted by atomic mass is 79.9. The molecule has 1 aromatic carbocycles. The van der Waals surface area contributed by atoms with Crippen molar-refractivity contribution in [1.82, 2.24) is 15.0 Å². The van der Waals surface area contributed by atoms with Crippen LogP contribution < -0.4 is 0 Å². The zero-order valence-corrected chi connectivity index (χ0v) is 15.5. The van der Waals surface area contributed by atoms with Gasteiger partial charge in [0, 0.05) is 16.4 Å². The number of thiophene rings is 1. The summed E-state index contributed by atoms with van der Waals surface area (Å²) in [4.78, 5) is 7.82. The monoisotopic (exact) mass is 391 g/mol. The van der Waals surface area contributed by atoms with Crippen molar-refractivity contribution in [3.05, 3.63) is 57.2 Å². The van der Waals surface area contributed by atoms with Crippen molar-refractivity contribution >= 4 is 27.3 Å².